The fourth-order valence-corrected chi connectivity index (χ4v) is 3.71. The summed E-state index contributed by atoms with van der Waals surface area (Å²) in [6.45, 7) is 1.36. The summed E-state index contributed by atoms with van der Waals surface area (Å²) in [5, 5.41) is 1.13. The van der Waals surface area contributed by atoms with Crippen LogP contribution in [0.3, 0.4) is 0 Å². The first-order valence-electron chi connectivity index (χ1n) is 8.74. The Labute approximate surface area is 156 Å². The molecule has 2 aromatic carbocycles. The Morgan fingerprint density at radius 3 is 2.59 bits per heavy atom. The third kappa shape index (κ3) is 3.03. The van der Waals surface area contributed by atoms with Crippen molar-refractivity contribution in [3.63, 3.8) is 0 Å². The van der Waals surface area contributed by atoms with E-state index in [4.69, 9.17) is 9.47 Å². The van der Waals surface area contributed by atoms with Gasteiger partial charge in [0.15, 0.2) is 5.54 Å². The number of nitrogens with zero attached hydrogens (tertiary/aromatic N) is 1. The lowest BCUT2D eigenvalue weighted by molar-refractivity contribution is -0.146. The molecule has 1 aliphatic heterocycles. The smallest absolute Gasteiger partial charge is 0.333 e. The van der Waals surface area contributed by atoms with Gasteiger partial charge in [-0.1, -0.05) is 30.3 Å². The van der Waals surface area contributed by atoms with Crippen molar-refractivity contribution in [3.8, 4) is 5.75 Å². The van der Waals surface area contributed by atoms with Crippen LogP contribution in [0.15, 0.2) is 54.6 Å². The highest BCUT2D eigenvalue weighted by atomic mass is 16.5. The molecular weight excluding hydrogens is 344 g/mol. The first-order valence-corrected chi connectivity index (χ1v) is 8.74. The van der Waals surface area contributed by atoms with Crippen molar-refractivity contribution >= 4 is 22.8 Å². The van der Waals surface area contributed by atoms with Crippen LogP contribution in [0.1, 0.15) is 18.2 Å². The monoisotopic (exact) mass is 364 g/mol. The van der Waals surface area contributed by atoms with Crippen LogP contribution in [0.5, 0.6) is 5.75 Å². The normalized spacial score (nSPS) is 18.0. The number of carbonyl (C=O) groups excluding carboxylic acids is 2. The van der Waals surface area contributed by atoms with Crippen molar-refractivity contribution in [2.24, 2.45) is 0 Å². The average Bonchev–Trinajstić information content (AvgIpc) is 3.17. The molecule has 1 aromatic heterocycles. The molecule has 3 aromatic rings. The van der Waals surface area contributed by atoms with E-state index >= 15 is 0 Å². The second-order valence-electron chi connectivity index (χ2n) is 6.81. The predicted octanol–water partition coefficient (Wildman–Crippen LogP) is 2.82. The Kier molecular flexibility index (Phi) is 4.11. The molecule has 0 saturated heterocycles. The van der Waals surface area contributed by atoms with Crippen molar-refractivity contribution in [3.05, 3.63) is 65.9 Å². The van der Waals surface area contributed by atoms with Crippen molar-refractivity contribution in [2.45, 2.75) is 25.3 Å². The van der Waals surface area contributed by atoms with E-state index in [1.165, 1.54) is 14.0 Å². The molecule has 0 unspecified atom stereocenters. The van der Waals surface area contributed by atoms with E-state index in [1.54, 1.807) is 12.1 Å². The Morgan fingerprint density at radius 2 is 1.89 bits per heavy atom. The zero-order valence-corrected chi connectivity index (χ0v) is 15.2. The van der Waals surface area contributed by atoms with E-state index in [9.17, 15) is 9.59 Å². The van der Waals surface area contributed by atoms with E-state index in [-0.39, 0.29) is 11.9 Å². The van der Waals surface area contributed by atoms with Crippen molar-refractivity contribution < 1.29 is 19.1 Å². The van der Waals surface area contributed by atoms with Gasteiger partial charge in [0.2, 0.25) is 0 Å². The number of fused-ring (bicyclic) bond motifs is 3. The van der Waals surface area contributed by atoms with Gasteiger partial charge in [0.1, 0.15) is 5.75 Å². The number of nitrogens with one attached hydrogen (secondary N) is 1. The molecular formula is C21H20N2O4. The number of carbonyl (C=O) groups is 2. The first kappa shape index (κ1) is 17.1. The molecule has 0 aliphatic carbocycles. The summed E-state index contributed by atoms with van der Waals surface area (Å²) in [6, 6.07) is 17.3. The number of para-hydroxylation sites is 1. The molecule has 0 fully saturated rings. The van der Waals surface area contributed by atoms with Gasteiger partial charge in [0.05, 0.1) is 12.6 Å². The lowest BCUT2D eigenvalue weighted by Gasteiger charge is -2.27. The van der Waals surface area contributed by atoms with Gasteiger partial charge >= 0.3 is 11.9 Å². The molecule has 0 amide bonds. The second kappa shape index (κ2) is 6.46. The van der Waals surface area contributed by atoms with Gasteiger partial charge in [-0.05, 0) is 29.8 Å². The Bertz CT molecular complexity index is 1020. The Hall–Kier alpha value is -3.28. The maximum Gasteiger partial charge on any atom is 0.333 e. The van der Waals surface area contributed by atoms with Crippen LogP contribution in [0, 0.1) is 0 Å². The summed E-state index contributed by atoms with van der Waals surface area (Å²) >= 11 is 0. The minimum Gasteiger partial charge on any atom is -0.467 e. The molecule has 0 radical (unpaired) electrons. The number of hydrogen-bond acceptors (Lipinski definition) is 5. The van der Waals surface area contributed by atoms with Crippen LogP contribution in [-0.2, 0) is 27.2 Å². The molecule has 6 heteroatoms. The van der Waals surface area contributed by atoms with Crippen LogP contribution in [0.4, 0.5) is 0 Å². The van der Waals surface area contributed by atoms with Crippen LogP contribution in [0.2, 0.25) is 0 Å². The SMILES string of the molecule is COC(=O)[C@@]1(Cc2ccc(OC(C)=O)cc2)Cc2cc3ccccc3n2N1. The number of aromatic nitrogens is 1. The number of hydrogen-bond donors (Lipinski definition) is 1. The zero-order chi connectivity index (χ0) is 19.0. The molecule has 1 aliphatic rings. The maximum absolute atomic E-state index is 12.7. The summed E-state index contributed by atoms with van der Waals surface area (Å²) < 4.78 is 12.2. The number of rotatable bonds is 4. The summed E-state index contributed by atoms with van der Waals surface area (Å²) in [6.07, 6.45) is 0.982. The third-order valence-corrected chi connectivity index (χ3v) is 4.86. The Balaban J connectivity index is 1.64. The van der Waals surface area contributed by atoms with Gasteiger partial charge in [0, 0.05) is 30.8 Å². The second-order valence-corrected chi connectivity index (χ2v) is 6.81. The molecule has 1 atom stereocenters. The topological polar surface area (TPSA) is 69.6 Å². The van der Waals surface area contributed by atoms with E-state index in [0.717, 1.165) is 22.2 Å². The minimum absolute atomic E-state index is 0.306. The number of esters is 2. The van der Waals surface area contributed by atoms with Crippen molar-refractivity contribution in [2.75, 3.05) is 12.5 Å². The van der Waals surface area contributed by atoms with Crippen molar-refractivity contribution in [1.82, 2.24) is 4.68 Å². The zero-order valence-electron chi connectivity index (χ0n) is 15.2. The fraction of sp³-hybridized carbons (Fsp3) is 0.238. The van der Waals surface area contributed by atoms with Gasteiger partial charge in [-0.3, -0.25) is 9.47 Å². The van der Waals surface area contributed by atoms with E-state index < -0.39 is 5.54 Å². The quantitative estimate of drug-likeness (QED) is 0.569. The number of methoxy groups -OCH3 is 1. The largest absolute Gasteiger partial charge is 0.467 e. The maximum atomic E-state index is 12.7. The van der Waals surface area contributed by atoms with Gasteiger partial charge in [-0.2, -0.15) is 0 Å². The molecule has 6 nitrogen and oxygen atoms in total. The molecule has 0 saturated carbocycles. The molecule has 4 rings (SSSR count). The van der Waals surface area contributed by atoms with Gasteiger partial charge in [0.25, 0.3) is 0 Å². The van der Waals surface area contributed by atoms with Gasteiger partial charge in [-0.25, -0.2) is 4.79 Å². The summed E-state index contributed by atoms with van der Waals surface area (Å²) in [4.78, 5) is 23.8. The molecule has 27 heavy (non-hydrogen) atoms. The van der Waals surface area contributed by atoms with Gasteiger partial charge in [-0.15, -0.1) is 0 Å². The number of ether oxygens (including phenoxy) is 2. The van der Waals surface area contributed by atoms with Crippen LogP contribution < -0.4 is 10.2 Å². The molecule has 0 spiro atoms. The molecule has 2 heterocycles. The first-order chi connectivity index (χ1) is 13.0. The Morgan fingerprint density at radius 1 is 1.15 bits per heavy atom. The van der Waals surface area contributed by atoms with Crippen LogP contribution in [-0.4, -0.2) is 29.3 Å². The summed E-state index contributed by atoms with van der Waals surface area (Å²) in [7, 11) is 1.40. The van der Waals surface area contributed by atoms with E-state index in [1.807, 2.05) is 35.0 Å². The average molecular weight is 364 g/mol. The van der Waals surface area contributed by atoms with Crippen molar-refractivity contribution in [1.29, 1.82) is 0 Å². The highest BCUT2D eigenvalue weighted by Crippen LogP contribution is 2.32. The fourth-order valence-electron chi connectivity index (χ4n) is 3.71. The standard InChI is InChI=1S/C21H20N2O4/c1-14(24)27-18-9-7-15(8-10-18)12-21(20(25)26-2)13-17-11-16-5-3-4-6-19(16)23(17)22-21/h3-11,22H,12-13H2,1-2H3/t21-/m1/s1. The van der Waals surface area contributed by atoms with Crippen LogP contribution >= 0.6 is 0 Å². The molecule has 0 bridgehead atoms. The molecule has 1 N–H and O–H groups in total. The highest BCUT2D eigenvalue weighted by Gasteiger charge is 2.45. The minimum atomic E-state index is -0.878. The summed E-state index contributed by atoms with van der Waals surface area (Å²) in [5.41, 5.74) is 5.51. The lowest BCUT2D eigenvalue weighted by Crippen LogP contribution is -2.49. The van der Waals surface area contributed by atoms with Gasteiger partial charge < -0.3 is 14.9 Å². The van der Waals surface area contributed by atoms with E-state index in [0.29, 0.717) is 18.6 Å². The van der Waals surface area contributed by atoms with E-state index in [2.05, 4.69) is 17.6 Å². The van der Waals surface area contributed by atoms with Crippen LogP contribution in [0.25, 0.3) is 10.9 Å². The molecule has 138 valence electrons. The highest BCUT2D eigenvalue weighted by molar-refractivity contribution is 5.88. The third-order valence-electron chi connectivity index (χ3n) is 4.86. The lowest BCUT2D eigenvalue weighted by atomic mass is 9.88. The summed E-state index contributed by atoms with van der Waals surface area (Å²) in [5.74, 6) is -0.188. The number of benzene rings is 2. The predicted molar refractivity (Wildman–Crippen MR) is 101 cm³/mol.